The molecule has 0 unspecified atom stereocenters. The molecule has 0 radical (unpaired) electrons. The summed E-state index contributed by atoms with van der Waals surface area (Å²) in [7, 11) is 0. The second kappa shape index (κ2) is 6.29. The quantitative estimate of drug-likeness (QED) is 0.520. The maximum Gasteiger partial charge on any atom is 0.00970 e. The van der Waals surface area contributed by atoms with Crippen LogP contribution in [0.15, 0.2) is 11.6 Å². The van der Waals surface area contributed by atoms with Crippen molar-refractivity contribution >= 4 is 0 Å². The fourth-order valence-corrected chi connectivity index (χ4v) is 1.86. The molecule has 0 atom stereocenters. The van der Waals surface area contributed by atoms with Gasteiger partial charge in [-0.3, -0.25) is 0 Å². The van der Waals surface area contributed by atoms with E-state index in [2.05, 4.69) is 37.5 Å². The summed E-state index contributed by atoms with van der Waals surface area (Å²) in [6, 6.07) is 0. The Balaban J connectivity index is 1.89. The normalized spacial score (nSPS) is 16.9. The molecular weight excluding hydrogens is 184 g/mol. The fourth-order valence-electron chi connectivity index (χ4n) is 1.86. The van der Waals surface area contributed by atoms with E-state index in [-0.39, 0.29) is 5.54 Å². The molecule has 0 aromatic carbocycles. The fraction of sp³-hybridized carbons (Fsp3) is 0.846. The first-order valence-electron chi connectivity index (χ1n) is 6.21. The van der Waals surface area contributed by atoms with Gasteiger partial charge in [0.2, 0.25) is 0 Å². The van der Waals surface area contributed by atoms with E-state index in [1.165, 1.54) is 25.7 Å². The monoisotopic (exact) mass is 210 g/mol. The van der Waals surface area contributed by atoms with Crippen LogP contribution < -0.4 is 10.6 Å². The van der Waals surface area contributed by atoms with E-state index in [0.717, 1.165) is 19.6 Å². The molecular formula is C13H26N2. The van der Waals surface area contributed by atoms with Gasteiger partial charge in [0.25, 0.3) is 0 Å². The van der Waals surface area contributed by atoms with Crippen LogP contribution in [0.3, 0.4) is 0 Å². The molecule has 88 valence electrons. The molecule has 0 saturated carbocycles. The molecule has 1 rings (SSSR count). The molecule has 0 bridgehead atoms. The lowest BCUT2D eigenvalue weighted by molar-refractivity contribution is 0.422. The molecule has 0 aromatic heterocycles. The summed E-state index contributed by atoms with van der Waals surface area (Å²) in [6.07, 6.45) is 7.67. The zero-order valence-electron chi connectivity index (χ0n) is 10.5. The molecule has 0 heterocycles. The Morgan fingerprint density at radius 1 is 1.20 bits per heavy atom. The van der Waals surface area contributed by atoms with Crippen LogP contribution in [-0.2, 0) is 0 Å². The highest BCUT2D eigenvalue weighted by Crippen LogP contribution is 2.19. The van der Waals surface area contributed by atoms with Gasteiger partial charge in [-0.15, -0.1) is 0 Å². The van der Waals surface area contributed by atoms with Gasteiger partial charge >= 0.3 is 0 Å². The van der Waals surface area contributed by atoms with Gasteiger partial charge in [-0.1, -0.05) is 11.6 Å². The molecule has 1 aliphatic rings. The number of allylic oxidation sites excluding steroid dienone is 1. The first kappa shape index (κ1) is 12.7. The van der Waals surface area contributed by atoms with Gasteiger partial charge < -0.3 is 10.6 Å². The van der Waals surface area contributed by atoms with E-state index in [1.807, 2.05) is 0 Å². The predicted molar refractivity (Wildman–Crippen MR) is 67.2 cm³/mol. The second-order valence-corrected chi connectivity index (χ2v) is 5.43. The molecule has 0 aliphatic heterocycles. The zero-order chi connectivity index (χ0) is 11.1. The van der Waals surface area contributed by atoms with E-state index in [0.29, 0.717) is 0 Å². The van der Waals surface area contributed by atoms with Crippen molar-refractivity contribution in [2.45, 2.75) is 52.0 Å². The zero-order valence-corrected chi connectivity index (χ0v) is 10.5. The average Bonchev–Trinajstić information content (AvgIpc) is 2.61. The molecule has 0 spiro atoms. The van der Waals surface area contributed by atoms with Gasteiger partial charge in [0.05, 0.1) is 0 Å². The third-order valence-corrected chi connectivity index (χ3v) is 2.72. The van der Waals surface area contributed by atoms with Gasteiger partial charge in [-0.2, -0.15) is 0 Å². The van der Waals surface area contributed by atoms with Crippen molar-refractivity contribution in [1.29, 1.82) is 0 Å². The summed E-state index contributed by atoms with van der Waals surface area (Å²) >= 11 is 0. The van der Waals surface area contributed by atoms with E-state index in [1.54, 1.807) is 5.57 Å². The van der Waals surface area contributed by atoms with Crippen LogP contribution in [0.2, 0.25) is 0 Å². The summed E-state index contributed by atoms with van der Waals surface area (Å²) in [5.74, 6) is 0. The number of nitrogens with one attached hydrogen (secondary N) is 2. The first-order valence-corrected chi connectivity index (χ1v) is 6.21. The minimum absolute atomic E-state index is 0.246. The van der Waals surface area contributed by atoms with Crippen molar-refractivity contribution < 1.29 is 0 Å². The van der Waals surface area contributed by atoms with Gasteiger partial charge in [0, 0.05) is 18.6 Å². The first-order chi connectivity index (χ1) is 7.08. The molecule has 0 amide bonds. The van der Waals surface area contributed by atoms with Crippen molar-refractivity contribution in [3.8, 4) is 0 Å². The molecule has 0 aromatic rings. The second-order valence-electron chi connectivity index (χ2n) is 5.43. The van der Waals surface area contributed by atoms with Gasteiger partial charge in [-0.05, 0) is 53.0 Å². The number of hydrogen-bond acceptors (Lipinski definition) is 2. The topological polar surface area (TPSA) is 24.1 Å². The van der Waals surface area contributed by atoms with Crippen molar-refractivity contribution in [3.05, 3.63) is 11.6 Å². The average molecular weight is 210 g/mol. The minimum atomic E-state index is 0.246. The molecule has 2 N–H and O–H groups in total. The van der Waals surface area contributed by atoms with Crippen molar-refractivity contribution in [2.75, 3.05) is 19.6 Å². The van der Waals surface area contributed by atoms with Crippen LogP contribution in [-0.4, -0.2) is 25.2 Å². The van der Waals surface area contributed by atoms with Crippen LogP contribution in [0, 0.1) is 0 Å². The Morgan fingerprint density at radius 2 is 2.00 bits per heavy atom. The lowest BCUT2D eigenvalue weighted by Gasteiger charge is -2.20. The minimum Gasteiger partial charge on any atom is -0.315 e. The summed E-state index contributed by atoms with van der Waals surface area (Å²) in [5, 5.41) is 6.95. The largest absolute Gasteiger partial charge is 0.315 e. The van der Waals surface area contributed by atoms with Crippen LogP contribution in [0.1, 0.15) is 46.5 Å². The number of hydrogen-bond donors (Lipinski definition) is 2. The summed E-state index contributed by atoms with van der Waals surface area (Å²) < 4.78 is 0. The Morgan fingerprint density at radius 3 is 2.60 bits per heavy atom. The van der Waals surface area contributed by atoms with Crippen LogP contribution in [0.25, 0.3) is 0 Å². The van der Waals surface area contributed by atoms with E-state index >= 15 is 0 Å². The predicted octanol–water partition coefficient (Wildman–Crippen LogP) is 2.46. The van der Waals surface area contributed by atoms with E-state index in [4.69, 9.17) is 0 Å². The van der Waals surface area contributed by atoms with Gasteiger partial charge in [0.15, 0.2) is 0 Å². The maximum absolute atomic E-state index is 3.48. The summed E-state index contributed by atoms with van der Waals surface area (Å²) in [6.45, 7) is 9.88. The summed E-state index contributed by atoms with van der Waals surface area (Å²) in [5.41, 5.74) is 1.90. The smallest absolute Gasteiger partial charge is 0.00970 e. The maximum atomic E-state index is 3.48. The van der Waals surface area contributed by atoms with Gasteiger partial charge in [-0.25, -0.2) is 0 Å². The van der Waals surface area contributed by atoms with Crippen molar-refractivity contribution in [1.82, 2.24) is 10.6 Å². The van der Waals surface area contributed by atoms with Gasteiger partial charge in [0.1, 0.15) is 0 Å². The highest BCUT2D eigenvalue weighted by Gasteiger charge is 2.07. The van der Waals surface area contributed by atoms with Crippen molar-refractivity contribution in [2.24, 2.45) is 0 Å². The molecule has 2 heteroatoms. The third-order valence-electron chi connectivity index (χ3n) is 2.72. The Kier molecular flexibility index (Phi) is 5.34. The molecule has 0 saturated heterocycles. The highest BCUT2D eigenvalue weighted by molar-refractivity contribution is 5.07. The Bertz CT molecular complexity index is 201. The molecule has 0 fully saturated rings. The standard InChI is InChI=1S/C13H26N2/c1-13(2,3)15-11-10-14-9-8-12-6-4-5-7-12/h6,14-15H,4-5,7-11H2,1-3H3. The van der Waals surface area contributed by atoms with Crippen LogP contribution >= 0.6 is 0 Å². The molecule has 1 aliphatic carbocycles. The number of rotatable bonds is 6. The SMILES string of the molecule is CC(C)(C)NCCNCCC1=CCCC1. The van der Waals surface area contributed by atoms with E-state index < -0.39 is 0 Å². The highest BCUT2D eigenvalue weighted by atomic mass is 15.0. The Hall–Kier alpha value is -0.340. The Labute approximate surface area is 94.5 Å². The molecule has 2 nitrogen and oxygen atoms in total. The van der Waals surface area contributed by atoms with Crippen LogP contribution in [0.5, 0.6) is 0 Å². The lowest BCUT2D eigenvalue weighted by Crippen LogP contribution is -2.40. The lowest BCUT2D eigenvalue weighted by atomic mass is 10.1. The van der Waals surface area contributed by atoms with Crippen LogP contribution in [0.4, 0.5) is 0 Å². The van der Waals surface area contributed by atoms with E-state index in [9.17, 15) is 0 Å². The third kappa shape index (κ3) is 6.69. The summed E-state index contributed by atoms with van der Waals surface area (Å²) in [4.78, 5) is 0. The molecule has 15 heavy (non-hydrogen) atoms. The van der Waals surface area contributed by atoms with Crippen molar-refractivity contribution in [3.63, 3.8) is 0 Å².